The number of hydrogen-bond acceptors (Lipinski definition) is 5. The third-order valence-corrected chi connectivity index (χ3v) is 5.57. The Kier molecular flexibility index (Phi) is 5.43. The largest absolute Gasteiger partial charge is 0.467 e. The number of hydrogen-bond donors (Lipinski definition) is 0. The van der Waals surface area contributed by atoms with E-state index in [1.165, 1.54) is 0 Å². The first-order valence-electron chi connectivity index (χ1n) is 9.56. The lowest BCUT2D eigenvalue weighted by atomic mass is 10.1. The normalized spacial score (nSPS) is 14.4. The highest BCUT2D eigenvalue weighted by Crippen LogP contribution is 2.29. The molecule has 0 spiro atoms. The topological polar surface area (TPSA) is 69.5 Å². The Morgan fingerprint density at radius 1 is 1.24 bits per heavy atom. The van der Waals surface area contributed by atoms with Crippen LogP contribution in [0.3, 0.4) is 0 Å². The van der Waals surface area contributed by atoms with Crippen LogP contribution in [0.4, 0.5) is 0 Å². The molecule has 1 saturated heterocycles. The van der Waals surface area contributed by atoms with Gasteiger partial charge in [0.1, 0.15) is 0 Å². The molecular weight excluding hydrogens is 392 g/mol. The molecule has 1 aromatic carbocycles. The van der Waals surface area contributed by atoms with Gasteiger partial charge in [0.15, 0.2) is 12.3 Å². The van der Waals surface area contributed by atoms with Crippen LogP contribution in [0.5, 0.6) is 5.88 Å². The van der Waals surface area contributed by atoms with Crippen molar-refractivity contribution in [2.75, 3.05) is 32.9 Å². The average molecular weight is 415 g/mol. The second kappa shape index (κ2) is 8.00. The molecule has 1 aliphatic heterocycles. The van der Waals surface area contributed by atoms with Crippen LogP contribution in [-0.4, -0.2) is 58.5 Å². The molecule has 0 saturated carbocycles. The van der Waals surface area contributed by atoms with E-state index >= 15 is 0 Å². The van der Waals surface area contributed by atoms with Gasteiger partial charge < -0.3 is 14.4 Å². The van der Waals surface area contributed by atoms with Crippen molar-refractivity contribution in [3.63, 3.8) is 0 Å². The van der Waals surface area contributed by atoms with Crippen molar-refractivity contribution >= 4 is 28.5 Å². The number of carbonyl (C=O) groups excluding carboxylic acids is 1. The van der Waals surface area contributed by atoms with E-state index in [9.17, 15) is 4.79 Å². The first-order chi connectivity index (χ1) is 14.0. The molecule has 1 fully saturated rings. The Labute approximate surface area is 174 Å². The molecule has 29 heavy (non-hydrogen) atoms. The molecule has 0 radical (unpaired) electrons. The van der Waals surface area contributed by atoms with Gasteiger partial charge >= 0.3 is 0 Å². The zero-order valence-corrected chi connectivity index (χ0v) is 17.5. The van der Waals surface area contributed by atoms with Gasteiger partial charge in [-0.3, -0.25) is 4.79 Å². The van der Waals surface area contributed by atoms with Crippen molar-refractivity contribution in [2.24, 2.45) is 0 Å². The van der Waals surface area contributed by atoms with E-state index in [0.29, 0.717) is 42.9 Å². The molecule has 0 N–H and O–H groups in total. The number of pyridine rings is 1. The Morgan fingerprint density at radius 2 is 2.00 bits per heavy atom. The number of morpholine rings is 1. The minimum atomic E-state index is -0.0665. The van der Waals surface area contributed by atoms with E-state index in [1.54, 1.807) is 9.58 Å². The Bertz CT molecular complexity index is 1070. The maximum absolute atomic E-state index is 12.4. The summed E-state index contributed by atoms with van der Waals surface area (Å²) in [5.41, 5.74) is 4.34. The molecule has 2 aromatic heterocycles. The zero-order chi connectivity index (χ0) is 20.5. The summed E-state index contributed by atoms with van der Waals surface area (Å²) in [4.78, 5) is 18.8. The number of rotatable bonds is 4. The van der Waals surface area contributed by atoms with Crippen molar-refractivity contribution in [3.8, 4) is 11.6 Å². The second-order valence-electron chi connectivity index (χ2n) is 7.14. The van der Waals surface area contributed by atoms with E-state index in [0.717, 1.165) is 27.9 Å². The molecule has 152 valence electrons. The Balaban J connectivity index is 1.66. The summed E-state index contributed by atoms with van der Waals surface area (Å²) in [6.45, 7) is 8.15. The van der Waals surface area contributed by atoms with E-state index in [2.05, 4.69) is 10.1 Å². The molecule has 7 nitrogen and oxygen atoms in total. The van der Waals surface area contributed by atoms with Gasteiger partial charge in [0, 0.05) is 29.6 Å². The van der Waals surface area contributed by atoms with Gasteiger partial charge in [0.2, 0.25) is 5.88 Å². The van der Waals surface area contributed by atoms with E-state index < -0.39 is 0 Å². The average Bonchev–Trinajstić information content (AvgIpc) is 3.05. The number of aromatic nitrogens is 3. The van der Waals surface area contributed by atoms with Crippen LogP contribution in [0.25, 0.3) is 16.7 Å². The fourth-order valence-electron chi connectivity index (χ4n) is 3.58. The molecule has 3 heterocycles. The highest BCUT2D eigenvalue weighted by molar-refractivity contribution is 6.31. The van der Waals surface area contributed by atoms with Crippen LogP contribution in [0.15, 0.2) is 24.3 Å². The molecule has 0 bridgehead atoms. The fraction of sp³-hybridized carbons (Fsp3) is 0.381. The first kappa shape index (κ1) is 19.7. The van der Waals surface area contributed by atoms with Gasteiger partial charge in [0.25, 0.3) is 5.91 Å². The van der Waals surface area contributed by atoms with Gasteiger partial charge in [-0.25, -0.2) is 4.68 Å². The zero-order valence-electron chi connectivity index (χ0n) is 16.7. The highest BCUT2D eigenvalue weighted by atomic mass is 35.5. The molecule has 1 amide bonds. The maximum atomic E-state index is 12.4. The minimum Gasteiger partial charge on any atom is -0.467 e. The van der Waals surface area contributed by atoms with Crippen LogP contribution in [0.1, 0.15) is 16.8 Å². The van der Waals surface area contributed by atoms with Crippen molar-refractivity contribution in [2.45, 2.75) is 20.8 Å². The summed E-state index contributed by atoms with van der Waals surface area (Å²) >= 11 is 6.31. The Morgan fingerprint density at radius 3 is 2.76 bits per heavy atom. The van der Waals surface area contributed by atoms with E-state index in [4.69, 9.17) is 21.1 Å². The van der Waals surface area contributed by atoms with Gasteiger partial charge in [0.05, 0.1) is 24.6 Å². The summed E-state index contributed by atoms with van der Waals surface area (Å²) in [6, 6.07) is 7.55. The van der Waals surface area contributed by atoms with Crippen LogP contribution in [0, 0.1) is 20.8 Å². The second-order valence-corrected chi connectivity index (χ2v) is 7.55. The molecule has 0 aliphatic carbocycles. The molecule has 1 aliphatic rings. The van der Waals surface area contributed by atoms with E-state index in [-0.39, 0.29) is 12.5 Å². The summed E-state index contributed by atoms with van der Waals surface area (Å²) < 4.78 is 12.8. The molecule has 3 aromatic rings. The first-order valence-corrected chi connectivity index (χ1v) is 9.94. The molecular formula is C21H23ClN4O3. The predicted octanol–water partition coefficient (Wildman–Crippen LogP) is 3.24. The number of fused-ring (bicyclic) bond motifs is 1. The van der Waals surface area contributed by atoms with Crippen molar-refractivity contribution in [3.05, 3.63) is 46.1 Å². The standard InChI is InChI=1S/C21H23ClN4O3/c1-13-11-18(29-12-19(27)25-7-9-28-10-8-25)23-21-20(13)15(3)24-26(21)17-6-4-5-16(22)14(17)2/h4-6,11H,7-10,12H2,1-3H3. The van der Waals surface area contributed by atoms with Gasteiger partial charge in [-0.15, -0.1) is 0 Å². The molecule has 4 rings (SSSR count). The lowest BCUT2D eigenvalue weighted by Gasteiger charge is -2.26. The number of carbonyl (C=O) groups is 1. The highest BCUT2D eigenvalue weighted by Gasteiger charge is 2.19. The molecule has 0 unspecified atom stereocenters. The number of nitrogens with zero attached hydrogens (tertiary/aromatic N) is 4. The summed E-state index contributed by atoms with van der Waals surface area (Å²) in [5, 5.41) is 6.32. The predicted molar refractivity (Wildman–Crippen MR) is 111 cm³/mol. The number of ether oxygens (including phenoxy) is 2. The van der Waals surface area contributed by atoms with Gasteiger partial charge in [-0.05, 0) is 44.0 Å². The minimum absolute atomic E-state index is 0.0543. The number of benzene rings is 1. The summed E-state index contributed by atoms with van der Waals surface area (Å²) in [7, 11) is 0. The third-order valence-electron chi connectivity index (χ3n) is 5.16. The van der Waals surface area contributed by atoms with Crippen LogP contribution in [-0.2, 0) is 9.53 Å². The summed E-state index contributed by atoms with van der Waals surface area (Å²) in [5.74, 6) is 0.334. The molecule has 8 heteroatoms. The van der Waals surface area contributed by atoms with Gasteiger partial charge in [-0.1, -0.05) is 17.7 Å². The summed E-state index contributed by atoms with van der Waals surface area (Å²) in [6.07, 6.45) is 0. The monoisotopic (exact) mass is 414 g/mol. The maximum Gasteiger partial charge on any atom is 0.260 e. The van der Waals surface area contributed by atoms with E-state index in [1.807, 2.05) is 45.0 Å². The van der Waals surface area contributed by atoms with Crippen LogP contribution >= 0.6 is 11.6 Å². The Hall–Kier alpha value is -2.64. The molecule has 0 atom stereocenters. The van der Waals surface area contributed by atoms with Gasteiger partial charge in [-0.2, -0.15) is 10.1 Å². The number of halogens is 1. The van der Waals surface area contributed by atoms with Crippen LogP contribution in [0.2, 0.25) is 5.02 Å². The third kappa shape index (κ3) is 3.80. The van der Waals surface area contributed by atoms with Crippen molar-refractivity contribution < 1.29 is 14.3 Å². The number of amides is 1. The van der Waals surface area contributed by atoms with Crippen molar-refractivity contribution in [1.82, 2.24) is 19.7 Å². The lowest BCUT2D eigenvalue weighted by molar-refractivity contribution is -0.137. The van der Waals surface area contributed by atoms with Crippen LogP contribution < -0.4 is 4.74 Å². The number of aryl methyl sites for hydroxylation is 2. The quantitative estimate of drug-likeness (QED) is 0.655. The lowest BCUT2D eigenvalue weighted by Crippen LogP contribution is -2.43. The fourth-order valence-corrected chi connectivity index (χ4v) is 3.75. The smallest absolute Gasteiger partial charge is 0.260 e. The SMILES string of the molecule is Cc1c(Cl)cccc1-n1nc(C)c2c(C)cc(OCC(=O)N3CCOCC3)nc21. The van der Waals surface area contributed by atoms with Crippen molar-refractivity contribution in [1.29, 1.82) is 0 Å².